The van der Waals surface area contributed by atoms with E-state index in [-0.39, 0.29) is 11.5 Å². The first kappa shape index (κ1) is 19.9. The first-order valence-electron chi connectivity index (χ1n) is 9.95. The van der Waals surface area contributed by atoms with Crippen molar-refractivity contribution in [3.05, 3.63) is 56.5 Å². The monoisotopic (exact) mass is 411 g/mol. The Morgan fingerprint density at radius 1 is 1.17 bits per heavy atom. The first-order valence-corrected chi connectivity index (χ1v) is 9.95. The van der Waals surface area contributed by atoms with Gasteiger partial charge < -0.3 is 14.2 Å². The molecule has 0 unspecified atom stereocenters. The first-order chi connectivity index (χ1) is 14.4. The van der Waals surface area contributed by atoms with Gasteiger partial charge in [-0.25, -0.2) is 9.78 Å². The zero-order valence-electron chi connectivity index (χ0n) is 17.4. The average molecular weight is 411 g/mol. The highest BCUT2D eigenvalue weighted by molar-refractivity contribution is 5.76. The lowest BCUT2D eigenvalue weighted by molar-refractivity contribution is -0.132. The molecule has 9 nitrogen and oxygen atoms in total. The normalized spacial score (nSPS) is 13.5. The lowest BCUT2D eigenvalue weighted by atomic mass is 9.99. The summed E-state index contributed by atoms with van der Waals surface area (Å²) in [7, 11) is 4.68. The number of carbonyl (C=O) groups excluding carboxylic acids is 1. The lowest BCUT2D eigenvalue weighted by Crippen LogP contribution is -2.37. The number of ether oxygens (including phenoxy) is 1. The third-order valence-electron chi connectivity index (χ3n) is 5.79. The number of imidazole rings is 1. The standard InChI is InChI=1S/C21H25N5O4/c1-23-19-18(20(28)24(2)21(23)29)26(13-22-19)9-4-5-17(27)25-10-8-14-6-7-16(30-3)11-15(14)12-25/h6-7,11,13H,4-5,8-10,12H2,1-3H3. The molecule has 1 aliphatic rings. The molecule has 9 heteroatoms. The zero-order valence-corrected chi connectivity index (χ0v) is 17.4. The van der Waals surface area contributed by atoms with Crippen LogP contribution in [0.25, 0.3) is 11.2 Å². The van der Waals surface area contributed by atoms with Gasteiger partial charge in [-0.15, -0.1) is 0 Å². The van der Waals surface area contributed by atoms with Gasteiger partial charge in [-0.3, -0.25) is 18.7 Å². The van der Waals surface area contributed by atoms with Crippen LogP contribution in [0.1, 0.15) is 24.0 Å². The molecular weight excluding hydrogens is 386 g/mol. The Bertz CT molecular complexity index is 1240. The predicted octanol–water partition coefficient (Wildman–Crippen LogP) is 0.807. The lowest BCUT2D eigenvalue weighted by Gasteiger charge is -2.29. The van der Waals surface area contributed by atoms with E-state index < -0.39 is 5.69 Å². The molecule has 158 valence electrons. The van der Waals surface area contributed by atoms with E-state index in [9.17, 15) is 14.4 Å². The second kappa shape index (κ2) is 7.81. The van der Waals surface area contributed by atoms with E-state index in [1.807, 2.05) is 17.0 Å². The van der Waals surface area contributed by atoms with Crippen molar-refractivity contribution in [3.8, 4) is 5.75 Å². The molecule has 4 rings (SSSR count). The third-order valence-corrected chi connectivity index (χ3v) is 5.79. The molecule has 0 radical (unpaired) electrons. The number of aryl methyl sites for hydroxylation is 2. The second-order valence-corrected chi connectivity index (χ2v) is 7.62. The predicted molar refractivity (Wildman–Crippen MR) is 112 cm³/mol. The molecule has 0 atom stereocenters. The number of methoxy groups -OCH3 is 1. The van der Waals surface area contributed by atoms with Gasteiger partial charge in [0, 0.05) is 40.2 Å². The summed E-state index contributed by atoms with van der Waals surface area (Å²) in [5, 5.41) is 0. The van der Waals surface area contributed by atoms with E-state index in [0.717, 1.165) is 22.3 Å². The van der Waals surface area contributed by atoms with E-state index in [4.69, 9.17) is 4.74 Å². The number of hydrogen-bond acceptors (Lipinski definition) is 5. The molecule has 30 heavy (non-hydrogen) atoms. The minimum Gasteiger partial charge on any atom is -0.497 e. The largest absolute Gasteiger partial charge is 0.497 e. The summed E-state index contributed by atoms with van der Waals surface area (Å²) in [6, 6.07) is 6.01. The van der Waals surface area contributed by atoms with Gasteiger partial charge in [-0.2, -0.15) is 0 Å². The van der Waals surface area contributed by atoms with Gasteiger partial charge in [-0.1, -0.05) is 6.07 Å². The number of rotatable bonds is 5. The maximum atomic E-state index is 12.7. The van der Waals surface area contributed by atoms with Crippen LogP contribution < -0.4 is 16.0 Å². The van der Waals surface area contributed by atoms with Crippen LogP contribution in [0.15, 0.2) is 34.1 Å². The highest BCUT2D eigenvalue weighted by Gasteiger charge is 2.21. The van der Waals surface area contributed by atoms with Crippen LogP contribution in [-0.4, -0.2) is 43.1 Å². The molecule has 3 aromatic rings. The second-order valence-electron chi connectivity index (χ2n) is 7.62. The van der Waals surface area contributed by atoms with Crippen molar-refractivity contribution in [2.24, 2.45) is 14.1 Å². The van der Waals surface area contributed by atoms with Crippen LogP contribution in [0.5, 0.6) is 5.75 Å². The van der Waals surface area contributed by atoms with Crippen LogP contribution in [0.2, 0.25) is 0 Å². The Balaban J connectivity index is 1.43. The number of carbonyl (C=O) groups is 1. The maximum Gasteiger partial charge on any atom is 0.332 e. The van der Waals surface area contributed by atoms with Crippen molar-refractivity contribution in [2.75, 3.05) is 13.7 Å². The molecule has 0 N–H and O–H groups in total. The van der Waals surface area contributed by atoms with E-state index in [1.165, 1.54) is 17.2 Å². The van der Waals surface area contributed by atoms with Crippen molar-refractivity contribution in [2.45, 2.75) is 32.4 Å². The fourth-order valence-corrected chi connectivity index (χ4v) is 4.00. The number of amides is 1. The molecule has 1 amide bonds. The van der Waals surface area contributed by atoms with Crippen molar-refractivity contribution in [3.63, 3.8) is 0 Å². The zero-order chi connectivity index (χ0) is 21.4. The smallest absolute Gasteiger partial charge is 0.332 e. The topological polar surface area (TPSA) is 91.4 Å². The van der Waals surface area contributed by atoms with Crippen molar-refractivity contribution < 1.29 is 9.53 Å². The summed E-state index contributed by atoms with van der Waals surface area (Å²) in [6.07, 6.45) is 3.35. The van der Waals surface area contributed by atoms with Crippen LogP contribution in [0.4, 0.5) is 0 Å². The summed E-state index contributed by atoms with van der Waals surface area (Å²) in [4.78, 5) is 43.4. The van der Waals surface area contributed by atoms with E-state index in [2.05, 4.69) is 11.1 Å². The van der Waals surface area contributed by atoms with Gasteiger partial charge >= 0.3 is 5.69 Å². The van der Waals surface area contributed by atoms with E-state index >= 15 is 0 Å². The Hall–Kier alpha value is -3.36. The fourth-order valence-electron chi connectivity index (χ4n) is 4.00. The Kier molecular flexibility index (Phi) is 5.19. The van der Waals surface area contributed by atoms with Gasteiger partial charge in [0.25, 0.3) is 5.56 Å². The van der Waals surface area contributed by atoms with Crippen LogP contribution in [0, 0.1) is 0 Å². The van der Waals surface area contributed by atoms with Crippen molar-refractivity contribution in [1.29, 1.82) is 0 Å². The summed E-state index contributed by atoms with van der Waals surface area (Å²) in [5.41, 5.74) is 2.33. The summed E-state index contributed by atoms with van der Waals surface area (Å²) in [5.74, 6) is 0.888. The molecule has 0 bridgehead atoms. The molecule has 3 heterocycles. The van der Waals surface area contributed by atoms with Crippen molar-refractivity contribution >= 4 is 17.1 Å². The highest BCUT2D eigenvalue weighted by atomic mass is 16.5. The number of fused-ring (bicyclic) bond motifs is 2. The number of hydrogen-bond donors (Lipinski definition) is 0. The Morgan fingerprint density at radius 3 is 2.73 bits per heavy atom. The fraction of sp³-hybridized carbons (Fsp3) is 0.429. The molecule has 0 aliphatic carbocycles. The van der Waals surface area contributed by atoms with E-state index in [0.29, 0.717) is 43.6 Å². The number of aromatic nitrogens is 4. The Morgan fingerprint density at radius 2 is 1.97 bits per heavy atom. The summed E-state index contributed by atoms with van der Waals surface area (Å²) < 4.78 is 9.45. The number of benzene rings is 1. The minimum absolute atomic E-state index is 0.0909. The van der Waals surface area contributed by atoms with Gasteiger partial charge in [0.15, 0.2) is 11.2 Å². The van der Waals surface area contributed by atoms with E-state index in [1.54, 1.807) is 25.1 Å². The number of nitrogens with zero attached hydrogens (tertiary/aromatic N) is 5. The quantitative estimate of drug-likeness (QED) is 0.620. The minimum atomic E-state index is -0.407. The molecular formula is C21H25N5O4. The molecule has 1 aliphatic heterocycles. The Labute approximate surface area is 173 Å². The average Bonchev–Trinajstić information content (AvgIpc) is 3.19. The van der Waals surface area contributed by atoms with Gasteiger partial charge in [0.05, 0.1) is 13.4 Å². The van der Waals surface area contributed by atoms with Crippen LogP contribution in [-0.2, 0) is 38.4 Å². The maximum absolute atomic E-state index is 12.7. The molecule has 0 spiro atoms. The summed E-state index contributed by atoms with van der Waals surface area (Å²) in [6.45, 7) is 1.77. The summed E-state index contributed by atoms with van der Waals surface area (Å²) >= 11 is 0. The van der Waals surface area contributed by atoms with Crippen LogP contribution in [0.3, 0.4) is 0 Å². The highest BCUT2D eigenvalue weighted by Crippen LogP contribution is 2.24. The molecule has 1 aromatic carbocycles. The molecule has 0 fully saturated rings. The SMILES string of the molecule is COc1ccc2c(c1)CN(C(=O)CCCn1cnc3c1c(=O)n(C)c(=O)n3C)CC2. The molecule has 0 saturated heterocycles. The van der Waals surface area contributed by atoms with Gasteiger partial charge in [-0.05, 0) is 36.1 Å². The van der Waals surface area contributed by atoms with Crippen molar-refractivity contribution in [1.82, 2.24) is 23.6 Å². The van der Waals surface area contributed by atoms with Gasteiger partial charge in [0.2, 0.25) is 5.91 Å². The third kappa shape index (κ3) is 3.40. The molecule has 0 saturated carbocycles. The van der Waals surface area contributed by atoms with Crippen LogP contribution >= 0.6 is 0 Å². The van der Waals surface area contributed by atoms with Gasteiger partial charge in [0.1, 0.15) is 5.75 Å². The molecule has 2 aromatic heterocycles.